The quantitative estimate of drug-likeness (QED) is 0.826. The molecule has 2 aromatic carbocycles. The lowest BCUT2D eigenvalue weighted by Crippen LogP contribution is -2.34. The highest BCUT2D eigenvalue weighted by Crippen LogP contribution is 2.32. The van der Waals surface area contributed by atoms with Crippen LogP contribution in [0.4, 0.5) is 11.4 Å². The second-order valence-electron chi connectivity index (χ2n) is 5.83. The first-order chi connectivity index (χ1) is 9.74. The van der Waals surface area contributed by atoms with E-state index < -0.39 is 0 Å². The summed E-state index contributed by atoms with van der Waals surface area (Å²) in [6.45, 7) is 4.55. The molecule has 2 N–H and O–H groups in total. The highest BCUT2D eigenvalue weighted by molar-refractivity contribution is 5.77. The number of piperidine rings is 1. The molecule has 0 radical (unpaired) electrons. The van der Waals surface area contributed by atoms with Crippen LogP contribution in [0.25, 0.3) is 11.1 Å². The third kappa shape index (κ3) is 2.64. The first kappa shape index (κ1) is 13.0. The molecule has 2 aromatic rings. The molecule has 0 aromatic heterocycles. The maximum atomic E-state index is 6.20. The molecule has 0 amide bonds. The van der Waals surface area contributed by atoms with Crippen molar-refractivity contribution < 1.29 is 0 Å². The number of nitrogen functional groups attached to an aromatic ring is 1. The van der Waals surface area contributed by atoms with E-state index >= 15 is 0 Å². The Morgan fingerprint density at radius 2 is 1.85 bits per heavy atom. The molecule has 2 heteroatoms. The molecule has 1 unspecified atom stereocenters. The summed E-state index contributed by atoms with van der Waals surface area (Å²) in [6, 6.07) is 16.9. The van der Waals surface area contributed by atoms with E-state index in [0.29, 0.717) is 0 Å². The number of rotatable bonds is 2. The van der Waals surface area contributed by atoms with Gasteiger partial charge in [-0.2, -0.15) is 0 Å². The zero-order valence-electron chi connectivity index (χ0n) is 12.0. The number of nitrogens with two attached hydrogens (primary N) is 1. The third-order valence-corrected chi connectivity index (χ3v) is 4.14. The topological polar surface area (TPSA) is 29.3 Å². The standard InChI is InChI=1S/C18H22N2/c1-14-6-5-11-20(13-14)18-12-16(9-10-17(18)19)15-7-3-2-4-8-15/h2-4,7-10,12,14H,5-6,11,13,19H2,1H3. The van der Waals surface area contributed by atoms with Crippen LogP contribution in [0.1, 0.15) is 19.8 Å². The Bertz CT molecular complexity index is 577. The Kier molecular flexibility index (Phi) is 3.64. The number of hydrogen-bond acceptors (Lipinski definition) is 2. The number of anilines is 2. The van der Waals surface area contributed by atoms with Crippen molar-refractivity contribution in [1.82, 2.24) is 0 Å². The van der Waals surface area contributed by atoms with Crippen LogP contribution in [-0.2, 0) is 0 Å². The normalized spacial score (nSPS) is 19.1. The summed E-state index contributed by atoms with van der Waals surface area (Å²) in [4.78, 5) is 2.44. The Hall–Kier alpha value is -1.96. The number of nitrogens with zero attached hydrogens (tertiary/aromatic N) is 1. The monoisotopic (exact) mass is 266 g/mol. The second-order valence-corrected chi connectivity index (χ2v) is 5.83. The summed E-state index contributed by atoms with van der Waals surface area (Å²) in [5.74, 6) is 0.753. The van der Waals surface area contributed by atoms with Gasteiger partial charge in [0, 0.05) is 13.1 Å². The Morgan fingerprint density at radius 1 is 1.05 bits per heavy atom. The molecule has 1 aliphatic heterocycles. The summed E-state index contributed by atoms with van der Waals surface area (Å²) < 4.78 is 0. The minimum Gasteiger partial charge on any atom is -0.397 e. The zero-order chi connectivity index (χ0) is 13.9. The van der Waals surface area contributed by atoms with Crippen molar-refractivity contribution in [3.05, 3.63) is 48.5 Å². The van der Waals surface area contributed by atoms with E-state index in [1.54, 1.807) is 0 Å². The highest BCUT2D eigenvalue weighted by atomic mass is 15.1. The summed E-state index contributed by atoms with van der Waals surface area (Å²) >= 11 is 0. The van der Waals surface area contributed by atoms with Gasteiger partial charge in [-0.3, -0.25) is 0 Å². The maximum Gasteiger partial charge on any atom is 0.0606 e. The third-order valence-electron chi connectivity index (χ3n) is 4.14. The van der Waals surface area contributed by atoms with Crippen LogP contribution in [0.2, 0.25) is 0 Å². The maximum absolute atomic E-state index is 6.20. The van der Waals surface area contributed by atoms with Crippen molar-refractivity contribution in [2.75, 3.05) is 23.7 Å². The molecule has 1 saturated heterocycles. The fourth-order valence-electron chi connectivity index (χ4n) is 3.04. The van der Waals surface area contributed by atoms with Gasteiger partial charge in [-0.15, -0.1) is 0 Å². The minimum absolute atomic E-state index is 0.753. The molecule has 104 valence electrons. The average Bonchev–Trinajstić information content (AvgIpc) is 2.48. The van der Waals surface area contributed by atoms with Crippen molar-refractivity contribution >= 4 is 11.4 Å². The highest BCUT2D eigenvalue weighted by Gasteiger charge is 2.18. The lowest BCUT2D eigenvalue weighted by atomic mass is 9.98. The summed E-state index contributed by atoms with van der Waals surface area (Å²) in [7, 11) is 0. The molecule has 2 nitrogen and oxygen atoms in total. The van der Waals surface area contributed by atoms with Gasteiger partial charge in [0.15, 0.2) is 0 Å². The van der Waals surface area contributed by atoms with Crippen LogP contribution in [-0.4, -0.2) is 13.1 Å². The predicted molar refractivity (Wildman–Crippen MR) is 86.9 cm³/mol. The fraction of sp³-hybridized carbons (Fsp3) is 0.333. The second kappa shape index (κ2) is 5.58. The molecule has 0 spiro atoms. The molecular formula is C18H22N2. The molecule has 0 aliphatic carbocycles. The van der Waals surface area contributed by atoms with Crippen LogP contribution in [0.3, 0.4) is 0 Å². The lowest BCUT2D eigenvalue weighted by Gasteiger charge is -2.33. The first-order valence-corrected chi connectivity index (χ1v) is 7.44. The van der Waals surface area contributed by atoms with Crippen molar-refractivity contribution in [3.8, 4) is 11.1 Å². The minimum atomic E-state index is 0.753. The van der Waals surface area contributed by atoms with Crippen LogP contribution in [0.15, 0.2) is 48.5 Å². The van der Waals surface area contributed by atoms with E-state index in [-0.39, 0.29) is 0 Å². The predicted octanol–water partition coefficient (Wildman–Crippen LogP) is 4.17. The van der Waals surface area contributed by atoms with E-state index in [2.05, 4.69) is 48.2 Å². The van der Waals surface area contributed by atoms with E-state index in [1.165, 1.54) is 29.7 Å². The average molecular weight is 266 g/mol. The van der Waals surface area contributed by atoms with E-state index in [1.807, 2.05) is 12.1 Å². The van der Waals surface area contributed by atoms with E-state index in [4.69, 9.17) is 5.73 Å². The molecule has 3 rings (SSSR count). The number of benzene rings is 2. The van der Waals surface area contributed by atoms with Gasteiger partial charge in [0.1, 0.15) is 0 Å². The molecule has 1 aliphatic rings. The molecular weight excluding hydrogens is 244 g/mol. The van der Waals surface area contributed by atoms with Gasteiger partial charge in [-0.1, -0.05) is 43.3 Å². The fourth-order valence-corrected chi connectivity index (χ4v) is 3.04. The summed E-state index contributed by atoms with van der Waals surface area (Å²) in [5.41, 5.74) is 10.8. The molecule has 1 fully saturated rings. The van der Waals surface area contributed by atoms with E-state index in [0.717, 1.165) is 24.7 Å². The van der Waals surface area contributed by atoms with Crippen molar-refractivity contribution in [2.24, 2.45) is 5.92 Å². The van der Waals surface area contributed by atoms with Crippen molar-refractivity contribution in [3.63, 3.8) is 0 Å². The Morgan fingerprint density at radius 3 is 2.60 bits per heavy atom. The summed E-state index contributed by atoms with van der Waals surface area (Å²) in [6.07, 6.45) is 2.59. The Labute approximate surface area is 121 Å². The smallest absolute Gasteiger partial charge is 0.0606 e. The van der Waals surface area contributed by atoms with Crippen LogP contribution in [0, 0.1) is 5.92 Å². The van der Waals surface area contributed by atoms with Crippen molar-refractivity contribution in [1.29, 1.82) is 0 Å². The molecule has 0 bridgehead atoms. The number of hydrogen-bond donors (Lipinski definition) is 1. The SMILES string of the molecule is CC1CCCN(c2cc(-c3ccccc3)ccc2N)C1. The van der Waals surface area contributed by atoms with Crippen LogP contribution >= 0.6 is 0 Å². The Balaban J connectivity index is 1.95. The van der Waals surface area contributed by atoms with Gasteiger partial charge >= 0.3 is 0 Å². The van der Waals surface area contributed by atoms with E-state index in [9.17, 15) is 0 Å². The molecule has 0 saturated carbocycles. The lowest BCUT2D eigenvalue weighted by molar-refractivity contribution is 0.447. The zero-order valence-corrected chi connectivity index (χ0v) is 12.0. The van der Waals surface area contributed by atoms with Crippen molar-refractivity contribution in [2.45, 2.75) is 19.8 Å². The first-order valence-electron chi connectivity index (χ1n) is 7.44. The van der Waals surface area contributed by atoms with Gasteiger partial charge in [0.25, 0.3) is 0 Å². The molecule has 1 atom stereocenters. The van der Waals surface area contributed by atoms with Gasteiger partial charge in [0.05, 0.1) is 11.4 Å². The molecule has 20 heavy (non-hydrogen) atoms. The molecule has 1 heterocycles. The van der Waals surface area contributed by atoms with Crippen LogP contribution < -0.4 is 10.6 Å². The van der Waals surface area contributed by atoms with Gasteiger partial charge in [-0.05, 0) is 42.0 Å². The van der Waals surface area contributed by atoms with Gasteiger partial charge in [-0.25, -0.2) is 0 Å². The largest absolute Gasteiger partial charge is 0.397 e. The van der Waals surface area contributed by atoms with Gasteiger partial charge < -0.3 is 10.6 Å². The summed E-state index contributed by atoms with van der Waals surface area (Å²) in [5, 5.41) is 0. The van der Waals surface area contributed by atoms with Gasteiger partial charge in [0.2, 0.25) is 0 Å². The van der Waals surface area contributed by atoms with Crippen LogP contribution in [0.5, 0.6) is 0 Å².